The van der Waals surface area contributed by atoms with Gasteiger partial charge in [0.05, 0.1) is 5.41 Å². The number of amides is 1. The van der Waals surface area contributed by atoms with Gasteiger partial charge in [0.25, 0.3) is 0 Å². The molecule has 0 bridgehead atoms. The van der Waals surface area contributed by atoms with Crippen LogP contribution in [0.25, 0.3) is 0 Å². The molecule has 1 saturated carbocycles. The molecule has 0 spiro atoms. The van der Waals surface area contributed by atoms with Gasteiger partial charge in [-0.1, -0.05) is 18.9 Å². The van der Waals surface area contributed by atoms with E-state index in [1.165, 1.54) is 24.1 Å². The number of hydrogen-bond acceptors (Lipinski definition) is 3. The molecule has 3 rings (SSSR count). The minimum Gasteiger partial charge on any atom is -0.355 e. The van der Waals surface area contributed by atoms with E-state index in [2.05, 4.69) is 28.1 Å². The van der Waals surface area contributed by atoms with E-state index in [4.69, 9.17) is 0 Å². The standard InChI is InChI=1S/C15H22N2OS.ClH/c18-14(17-8-6-13-5-3-9-19-13)15-7-2-1-4-12(15)10-16-11-15;/h3,5,9,12,16H,1-2,4,6-8,10-11H2,(H,17,18);1H/t12-,15+;/m0./s1. The van der Waals surface area contributed by atoms with E-state index in [-0.39, 0.29) is 17.8 Å². The molecule has 3 nitrogen and oxygen atoms in total. The van der Waals surface area contributed by atoms with Gasteiger partial charge in [-0.25, -0.2) is 0 Å². The molecule has 2 fully saturated rings. The van der Waals surface area contributed by atoms with Gasteiger partial charge in [-0.3, -0.25) is 4.79 Å². The highest BCUT2D eigenvalue weighted by Crippen LogP contribution is 2.43. The Morgan fingerprint density at radius 1 is 1.50 bits per heavy atom. The van der Waals surface area contributed by atoms with Gasteiger partial charge in [0.1, 0.15) is 0 Å². The fourth-order valence-corrected chi connectivity index (χ4v) is 4.33. The Morgan fingerprint density at radius 2 is 2.40 bits per heavy atom. The number of rotatable bonds is 4. The highest BCUT2D eigenvalue weighted by Gasteiger charge is 2.49. The molecule has 0 radical (unpaired) electrons. The summed E-state index contributed by atoms with van der Waals surface area (Å²) in [5, 5.41) is 8.70. The molecule has 1 aromatic heterocycles. The maximum Gasteiger partial charge on any atom is 0.227 e. The van der Waals surface area contributed by atoms with Crippen LogP contribution in [-0.2, 0) is 11.2 Å². The summed E-state index contributed by atoms with van der Waals surface area (Å²) in [4.78, 5) is 13.9. The molecule has 20 heavy (non-hydrogen) atoms. The minimum atomic E-state index is -0.103. The Balaban J connectivity index is 0.00000147. The summed E-state index contributed by atoms with van der Waals surface area (Å²) < 4.78 is 0. The predicted molar refractivity (Wildman–Crippen MR) is 85.5 cm³/mol. The van der Waals surface area contributed by atoms with E-state index >= 15 is 0 Å². The monoisotopic (exact) mass is 314 g/mol. The maximum atomic E-state index is 12.6. The summed E-state index contributed by atoms with van der Waals surface area (Å²) in [6.45, 7) is 2.68. The molecule has 1 aliphatic carbocycles. The summed E-state index contributed by atoms with van der Waals surface area (Å²) in [6, 6.07) is 4.20. The van der Waals surface area contributed by atoms with Crippen LogP contribution < -0.4 is 10.6 Å². The Bertz CT molecular complexity index is 437. The Kier molecular flexibility index (Phi) is 5.47. The van der Waals surface area contributed by atoms with Crippen molar-refractivity contribution < 1.29 is 4.79 Å². The lowest BCUT2D eigenvalue weighted by Gasteiger charge is -2.37. The van der Waals surface area contributed by atoms with Crippen molar-refractivity contribution >= 4 is 29.7 Å². The molecule has 1 aliphatic heterocycles. The Morgan fingerprint density at radius 3 is 3.20 bits per heavy atom. The zero-order valence-corrected chi connectivity index (χ0v) is 13.3. The molecular weight excluding hydrogens is 292 g/mol. The third kappa shape index (κ3) is 3.02. The van der Waals surface area contributed by atoms with Crippen molar-refractivity contribution in [2.24, 2.45) is 11.3 Å². The first kappa shape index (κ1) is 15.8. The van der Waals surface area contributed by atoms with Crippen molar-refractivity contribution in [1.82, 2.24) is 10.6 Å². The van der Waals surface area contributed by atoms with Crippen molar-refractivity contribution in [1.29, 1.82) is 0 Å². The first-order valence-corrected chi connectivity index (χ1v) is 8.21. The summed E-state index contributed by atoms with van der Waals surface area (Å²) in [6.07, 6.45) is 5.73. The van der Waals surface area contributed by atoms with Crippen molar-refractivity contribution in [3.05, 3.63) is 22.4 Å². The van der Waals surface area contributed by atoms with Gasteiger partial charge in [0.2, 0.25) is 5.91 Å². The topological polar surface area (TPSA) is 41.1 Å². The van der Waals surface area contributed by atoms with Crippen LogP contribution in [0.2, 0.25) is 0 Å². The first-order chi connectivity index (χ1) is 9.31. The summed E-state index contributed by atoms with van der Waals surface area (Å²) in [7, 11) is 0. The van der Waals surface area contributed by atoms with E-state index in [0.29, 0.717) is 11.8 Å². The third-order valence-corrected chi connectivity index (χ3v) is 5.66. The number of halogens is 1. The summed E-state index contributed by atoms with van der Waals surface area (Å²) in [5.74, 6) is 0.849. The average molecular weight is 315 g/mol. The predicted octanol–water partition coefficient (Wildman–Crippen LogP) is 2.61. The molecule has 5 heteroatoms. The van der Waals surface area contributed by atoms with Crippen molar-refractivity contribution in [3.63, 3.8) is 0 Å². The zero-order valence-electron chi connectivity index (χ0n) is 11.7. The lowest BCUT2D eigenvalue weighted by Crippen LogP contribution is -2.48. The SMILES string of the molecule is Cl.O=C(NCCc1cccs1)[C@@]12CCCC[C@H]1CNC2. The quantitative estimate of drug-likeness (QED) is 0.897. The van der Waals surface area contributed by atoms with Crippen molar-refractivity contribution in [2.75, 3.05) is 19.6 Å². The van der Waals surface area contributed by atoms with Crippen LogP contribution in [0.3, 0.4) is 0 Å². The largest absolute Gasteiger partial charge is 0.355 e. The van der Waals surface area contributed by atoms with Crippen LogP contribution in [0, 0.1) is 11.3 Å². The maximum absolute atomic E-state index is 12.6. The lowest BCUT2D eigenvalue weighted by atomic mass is 9.67. The molecule has 0 unspecified atom stereocenters. The van der Waals surface area contributed by atoms with Crippen LogP contribution in [-0.4, -0.2) is 25.5 Å². The molecule has 2 N–H and O–H groups in total. The van der Waals surface area contributed by atoms with Gasteiger partial charge >= 0.3 is 0 Å². The zero-order chi connectivity index (χ0) is 13.1. The van der Waals surface area contributed by atoms with Crippen molar-refractivity contribution in [2.45, 2.75) is 32.1 Å². The Labute approximate surface area is 130 Å². The van der Waals surface area contributed by atoms with Crippen LogP contribution in [0.1, 0.15) is 30.6 Å². The molecular formula is C15H23ClN2OS. The molecule has 0 aromatic carbocycles. The van der Waals surface area contributed by atoms with Gasteiger partial charge in [0, 0.05) is 18.0 Å². The number of carbonyl (C=O) groups excluding carboxylic acids is 1. The molecule has 2 aliphatic rings. The highest BCUT2D eigenvalue weighted by atomic mass is 35.5. The van der Waals surface area contributed by atoms with Crippen LogP contribution >= 0.6 is 23.7 Å². The number of hydrogen-bond donors (Lipinski definition) is 2. The van der Waals surface area contributed by atoms with Crippen molar-refractivity contribution in [3.8, 4) is 0 Å². The number of thiophene rings is 1. The highest BCUT2D eigenvalue weighted by molar-refractivity contribution is 7.09. The summed E-state index contributed by atoms with van der Waals surface area (Å²) in [5.41, 5.74) is -0.103. The lowest BCUT2D eigenvalue weighted by molar-refractivity contribution is -0.133. The van der Waals surface area contributed by atoms with Gasteiger partial charge in [-0.05, 0) is 43.2 Å². The van der Waals surface area contributed by atoms with Gasteiger partial charge < -0.3 is 10.6 Å². The van der Waals surface area contributed by atoms with E-state index in [0.717, 1.165) is 32.5 Å². The second-order valence-corrected chi connectivity index (χ2v) is 6.85. The van der Waals surface area contributed by atoms with E-state index in [9.17, 15) is 4.79 Å². The van der Waals surface area contributed by atoms with Crippen LogP contribution in [0.4, 0.5) is 0 Å². The molecule has 2 heterocycles. The fourth-order valence-electron chi connectivity index (χ4n) is 3.62. The number of fused-ring (bicyclic) bond motifs is 1. The number of nitrogens with one attached hydrogen (secondary N) is 2. The number of carbonyl (C=O) groups is 1. The van der Waals surface area contributed by atoms with Crippen LogP contribution in [0.5, 0.6) is 0 Å². The van der Waals surface area contributed by atoms with E-state index in [1.807, 2.05) is 0 Å². The first-order valence-electron chi connectivity index (χ1n) is 7.33. The minimum absolute atomic E-state index is 0. The smallest absolute Gasteiger partial charge is 0.227 e. The average Bonchev–Trinajstić information content (AvgIpc) is 3.08. The van der Waals surface area contributed by atoms with E-state index in [1.54, 1.807) is 11.3 Å². The second kappa shape index (κ2) is 6.92. The molecule has 1 aromatic rings. The second-order valence-electron chi connectivity index (χ2n) is 5.82. The molecule has 1 saturated heterocycles. The summed E-state index contributed by atoms with van der Waals surface area (Å²) >= 11 is 1.76. The fraction of sp³-hybridized carbons (Fsp3) is 0.667. The normalized spacial score (nSPS) is 28.5. The van der Waals surface area contributed by atoms with Gasteiger partial charge in [-0.15, -0.1) is 23.7 Å². The van der Waals surface area contributed by atoms with E-state index < -0.39 is 0 Å². The molecule has 2 atom stereocenters. The van der Waals surface area contributed by atoms with Gasteiger partial charge in [0.15, 0.2) is 0 Å². The Hall–Kier alpha value is -0.580. The molecule has 112 valence electrons. The molecule has 1 amide bonds. The van der Waals surface area contributed by atoms with Crippen LogP contribution in [0.15, 0.2) is 17.5 Å². The van der Waals surface area contributed by atoms with Gasteiger partial charge in [-0.2, -0.15) is 0 Å². The third-order valence-electron chi connectivity index (χ3n) is 4.73.